The summed E-state index contributed by atoms with van der Waals surface area (Å²) in [6.45, 7) is 2.04. The molecule has 5 nitrogen and oxygen atoms in total. The average Bonchev–Trinajstić information content (AvgIpc) is 2.36. The van der Waals surface area contributed by atoms with Crippen molar-refractivity contribution >= 4 is 11.4 Å². The van der Waals surface area contributed by atoms with Crippen molar-refractivity contribution in [2.45, 2.75) is 38.2 Å². The van der Waals surface area contributed by atoms with Crippen LogP contribution in [0.1, 0.15) is 32.6 Å². The van der Waals surface area contributed by atoms with E-state index in [0.29, 0.717) is 30.9 Å². The molecule has 7 heteroatoms. The number of hydrogen-bond donors (Lipinski definition) is 2. The molecule has 1 aliphatic carbocycles. The van der Waals surface area contributed by atoms with Crippen molar-refractivity contribution < 1.29 is 18.8 Å². The lowest BCUT2D eigenvalue weighted by molar-refractivity contribution is -0.385. The zero-order valence-electron chi connectivity index (χ0n) is 11.7. The molecule has 1 saturated carbocycles. The highest BCUT2D eigenvalue weighted by atomic mass is 19.1. The number of benzene rings is 1. The van der Waals surface area contributed by atoms with Crippen molar-refractivity contribution in [2.75, 3.05) is 11.9 Å². The van der Waals surface area contributed by atoms with E-state index in [-0.39, 0.29) is 6.54 Å². The Balaban J connectivity index is 2.11. The fourth-order valence-electron chi connectivity index (χ4n) is 2.88. The number of rotatable bonds is 4. The van der Waals surface area contributed by atoms with Crippen molar-refractivity contribution in [1.82, 2.24) is 0 Å². The molecular formula is C14H18F2N2O3. The van der Waals surface area contributed by atoms with Crippen LogP contribution in [0.4, 0.5) is 20.2 Å². The van der Waals surface area contributed by atoms with Crippen LogP contribution in [-0.2, 0) is 0 Å². The summed E-state index contributed by atoms with van der Waals surface area (Å²) < 4.78 is 27.5. The SMILES string of the molecule is CC1CCCC(O)(CNc2c(F)cc([N+](=O)[O-])cc2F)C1. The summed E-state index contributed by atoms with van der Waals surface area (Å²) in [6.07, 6.45) is 3.03. The Hall–Kier alpha value is -1.76. The van der Waals surface area contributed by atoms with Gasteiger partial charge in [-0.25, -0.2) is 8.78 Å². The Morgan fingerprint density at radius 2 is 2.10 bits per heavy atom. The molecular weight excluding hydrogens is 282 g/mol. The van der Waals surface area contributed by atoms with Gasteiger partial charge in [-0.1, -0.05) is 19.8 Å². The molecule has 0 radical (unpaired) electrons. The summed E-state index contributed by atoms with van der Waals surface area (Å²) in [5.41, 5.74) is -2.08. The molecule has 0 aliphatic heterocycles. The van der Waals surface area contributed by atoms with Gasteiger partial charge in [0.25, 0.3) is 5.69 Å². The summed E-state index contributed by atoms with van der Waals surface area (Å²) in [5, 5.41) is 23.5. The third-order valence-corrected chi connectivity index (χ3v) is 3.90. The molecule has 1 aliphatic rings. The Morgan fingerprint density at radius 3 is 2.62 bits per heavy atom. The number of anilines is 1. The second-order valence-corrected chi connectivity index (χ2v) is 5.82. The number of hydrogen-bond acceptors (Lipinski definition) is 4. The zero-order valence-corrected chi connectivity index (χ0v) is 11.7. The van der Waals surface area contributed by atoms with Gasteiger partial charge in [-0.15, -0.1) is 0 Å². The average molecular weight is 300 g/mol. The van der Waals surface area contributed by atoms with Crippen molar-refractivity contribution in [2.24, 2.45) is 5.92 Å². The smallest absolute Gasteiger partial charge is 0.275 e. The van der Waals surface area contributed by atoms with Crippen LogP contribution in [-0.4, -0.2) is 22.2 Å². The van der Waals surface area contributed by atoms with Crippen LogP contribution >= 0.6 is 0 Å². The van der Waals surface area contributed by atoms with Gasteiger partial charge in [-0.2, -0.15) is 0 Å². The molecule has 0 saturated heterocycles. The number of nitro groups is 1. The van der Waals surface area contributed by atoms with E-state index in [1.807, 2.05) is 6.92 Å². The van der Waals surface area contributed by atoms with Crippen LogP contribution in [0.25, 0.3) is 0 Å². The molecule has 2 rings (SSSR count). The first-order valence-corrected chi connectivity index (χ1v) is 6.90. The summed E-state index contributed by atoms with van der Waals surface area (Å²) in [7, 11) is 0. The molecule has 116 valence electrons. The molecule has 1 aromatic carbocycles. The lowest BCUT2D eigenvalue weighted by atomic mass is 9.79. The molecule has 1 aromatic rings. The number of nitrogens with one attached hydrogen (secondary N) is 1. The molecule has 0 amide bonds. The number of nitrogens with zero attached hydrogens (tertiary/aromatic N) is 1. The van der Waals surface area contributed by atoms with E-state index in [1.54, 1.807) is 0 Å². The molecule has 2 atom stereocenters. The Kier molecular flexibility index (Phi) is 4.41. The lowest BCUT2D eigenvalue weighted by Crippen LogP contribution is -2.41. The van der Waals surface area contributed by atoms with E-state index in [2.05, 4.69) is 5.32 Å². The molecule has 1 fully saturated rings. The third-order valence-electron chi connectivity index (χ3n) is 3.90. The van der Waals surface area contributed by atoms with Gasteiger partial charge in [0.05, 0.1) is 22.7 Å². The highest BCUT2D eigenvalue weighted by Crippen LogP contribution is 2.33. The predicted molar refractivity (Wildman–Crippen MR) is 74.1 cm³/mol. The lowest BCUT2D eigenvalue weighted by Gasteiger charge is -2.35. The highest BCUT2D eigenvalue weighted by molar-refractivity contribution is 5.51. The Morgan fingerprint density at radius 1 is 1.48 bits per heavy atom. The minimum atomic E-state index is -1.03. The molecule has 0 heterocycles. The number of aliphatic hydroxyl groups is 1. The van der Waals surface area contributed by atoms with Gasteiger partial charge >= 0.3 is 0 Å². The monoisotopic (exact) mass is 300 g/mol. The van der Waals surface area contributed by atoms with Crippen molar-refractivity contribution in [3.8, 4) is 0 Å². The van der Waals surface area contributed by atoms with Crippen LogP contribution in [0, 0.1) is 27.7 Å². The maximum Gasteiger partial charge on any atom is 0.275 e. The number of halogens is 2. The summed E-state index contributed by atoms with van der Waals surface area (Å²) in [5.74, 6) is -1.71. The van der Waals surface area contributed by atoms with E-state index >= 15 is 0 Å². The largest absolute Gasteiger partial charge is 0.388 e. The molecule has 21 heavy (non-hydrogen) atoms. The van der Waals surface area contributed by atoms with E-state index in [9.17, 15) is 24.0 Å². The molecule has 0 bridgehead atoms. The zero-order chi connectivity index (χ0) is 15.6. The van der Waals surface area contributed by atoms with Gasteiger partial charge in [-0.05, 0) is 18.8 Å². The van der Waals surface area contributed by atoms with Gasteiger partial charge in [0.15, 0.2) is 11.6 Å². The van der Waals surface area contributed by atoms with Crippen LogP contribution in [0.5, 0.6) is 0 Å². The summed E-state index contributed by atoms with van der Waals surface area (Å²) >= 11 is 0. The number of non-ortho nitro benzene ring substituents is 1. The maximum absolute atomic E-state index is 13.7. The topological polar surface area (TPSA) is 75.4 Å². The molecule has 2 N–H and O–H groups in total. The van der Waals surface area contributed by atoms with Crippen molar-refractivity contribution in [1.29, 1.82) is 0 Å². The van der Waals surface area contributed by atoms with Crippen molar-refractivity contribution in [3.63, 3.8) is 0 Å². The third kappa shape index (κ3) is 3.66. The molecule has 2 unspecified atom stereocenters. The highest BCUT2D eigenvalue weighted by Gasteiger charge is 2.33. The van der Waals surface area contributed by atoms with E-state index < -0.39 is 33.5 Å². The van der Waals surface area contributed by atoms with Crippen LogP contribution in [0.2, 0.25) is 0 Å². The minimum absolute atomic E-state index is 0.0169. The first-order chi connectivity index (χ1) is 9.81. The Bertz CT molecular complexity index is 530. The maximum atomic E-state index is 13.7. The molecule has 0 spiro atoms. The Labute approximate surface area is 121 Å². The first kappa shape index (κ1) is 15.6. The number of nitro benzene ring substituents is 1. The van der Waals surface area contributed by atoms with Crippen molar-refractivity contribution in [3.05, 3.63) is 33.9 Å². The van der Waals surface area contributed by atoms with Gasteiger partial charge in [-0.3, -0.25) is 10.1 Å². The van der Waals surface area contributed by atoms with Gasteiger partial charge < -0.3 is 10.4 Å². The standard InChI is InChI=1S/C14H18F2N2O3/c1-9-3-2-4-14(19,7-9)8-17-13-11(15)5-10(18(20)21)6-12(13)16/h5-6,9,17,19H,2-4,7-8H2,1H3. The fourth-order valence-corrected chi connectivity index (χ4v) is 2.88. The van der Waals surface area contributed by atoms with E-state index in [0.717, 1.165) is 12.8 Å². The minimum Gasteiger partial charge on any atom is -0.388 e. The van der Waals surface area contributed by atoms with E-state index in [4.69, 9.17) is 0 Å². The van der Waals surface area contributed by atoms with Crippen LogP contribution < -0.4 is 5.32 Å². The quantitative estimate of drug-likeness (QED) is 0.661. The predicted octanol–water partition coefficient (Wildman–Crippen LogP) is 3.23. The first-order valence-electron chi connectivity index (χ1n) is 6.90. The normalized spacial score (nSPS) is 25.6. The van der Waals surface area contributed by atoms with Crippen LogP contribution in [0.15, 0.2) is 12.1 Å². The van der Waals surface area contributed by atoms with Gasteiger partial charge in [0.1, 0.15) is 5.69 Å². The van der Waals surface area contributed by atoms with E-state index in [1.165, 1.54) is 0 Å². The summed E-state index contributed by atoms with van der Waals surface area (Å²) in [4.78, 5) is 9.67. The van der Waals surface area contributed by atoms with Gasteiger partial charge in [0.2, 0.25) is 0 Å². The van der Waals surface area contributed by atoms with Crippen LogP contribution in [0.3, 0.4) is 0 Å². The summed E-state index contributed by atoms with van der Waals surface area (Å²) in [6, 6.07) is 1.33. The second-order valence-electron chi connectivity index (χ2n) is 5.82. The molecule has 0 aromatic heterocycles. The fraction of sp³-hybridized carbons (Fsp3) is 0.571. The second kappa shape index (κ2) is 5.93. The van der Waals surface area contributed by atoms with Gasteiger partial charge in [0, 0.05) is 6.54 Å².